The molecule has 0 saturated heterocycles. The van der Waals surface area contributed by atoms with Crippen molar-refractivity contribution in [3.05, 3.63) is 64.9 Å². The summed E-state index contributed by atoms with van der Waals surface area (Å²) in [5.74, 6) is 0.287. The zero-order valence-electron chi connectivity index (χ0n) is 14.7. The number of carbonyl (C=O) groups is 1. The number of amides is 1. The highest BCUT2D eigenvalue weighted by Gasteiger charge is 2.23. The first-order chi connectivity index (χ1) is 12.5. The summed E-state index contributed by atoms with van der Waals surface area (Å²) in [6, 6.07) is 14.4. The number of anilines is 1. The van der Waals surface area contributed by atoms with Crippen molar-refractivity contribution in [1.29, 1.82) is 0 Å². The molecule has 6 nitrogen and oxygen atoms in total. The number of hydrogen-bond acceptors (Lipinski definition) is 4. The Morgan fingerprint density at radius 1 is 1.15 bits per heavy atom. The topological polar surface area (TPSA) is 69.0 Å². The average molecular weight is 371 g/mol. The van der Waals surface area contributed by atoms with E-state index in [1.54, 1.807) is 36.1 Å². The Morgan fingerprint density at radius 2 is 1.85 bits per heavy atom. The van der Waals surface area contributed by atoms with Gasteiger partial charge in [0.15, 0.2) is 5.69 Å². The predicted molar refractivity (Wildman–Crippen MR) is 101 cm³/mol. The lowest BCUT2D eigenvalue weighted by atomic mass is 10.1. The van der Waals surface area contributed by atoms with Crippen LogP contribution in [0.5, 0.6) is 5.75 Å². The van der Waals surface area contributed by atoms with Crippen LogP contribution < -0.4 is 10.1 Å². The number of carbonyl (C=O) groups excluding carboxylic acids is 1. The second-order valence-electron chi connectivity index (χ2n) is 6.02. The maximum absolute atomic E-state index is 12.8. The minimum absolute atomic E-state index is 0.0408. The number of ether oxygens (including phenoxy) is 1. The van der Waals surface area contributed by atoms with Crippen molar-refractivity contribution in [2.45, 2.75) is 19.8 Å². The van der Waals surface area contributed by atoms with Gasteiger partial charge in [0.2, 0.25) is 0 Å². The highest BCUT2D eigenvalue weighted by molar-refractivity contribution is 6.30. The molecule has 0 bridgehead atoms. The summed E-state index contributed by atoms with van der Waals surface area (Å²) in [6.45, 7) is 3.98. The van der Waals surface area contributed by atoms with Gasteiger partial charge in [-0.1, -0.05) is 42.8 Å². The molecule has 0 fully saturated rings. The van der Waals surface area contributed by atoms with E-state index in [0.717, 1.165) is 11.4 Å². The van der Waals surface area contributed by atoms with Crippen LogP contribution in [0.15, 0.2) is 48.5 Å². The van der Waals surface area contributed by atoms with Gasteiger partial charge in [0.25, 0.3) is 5.91 Å². The molecule has 2 aromatic carbocycles. The molecule has 0 atom stereocenters. The number of rotatable bonds is 5. The maximum atomic E-state index is 12.8. The Morgan fingerprint density at radius 3 is 2.50 bits per heavy atom. The van der Waals surface area contributed by atoms with Crippen LogP contribution in [0.2, 0.25) is 5.02 Å². The molecular weight excluding hydrogens is 352 g/mol. The molecule has 0 aliphatic carbocycles. The molecule has 0 aliphatic rings. The van der Waals surface area contributed by atoms with Crippen LogP contribution in [0.25, 0.3) is 5.69 Å². The van der Waals surface area contributed by atoms with Crippen LogP contribution in [0.3, 0.4) is 0 Å². The van der Waals surface area contributed by atoms with Crippen LogP contribution in [0.1, 0.15) is 35.9 Å². The van der Waals surface area contributed by atoms with Gasteiger partial charge >= 0.3 is 0 Å². The number of methoxy groups -OCH3 is 1. The van der Waals surface area contributed by atoms with Gasteiger partial charge in [-0.25, -0.2) is 4.68 Å². The van der Waals surface area contributed by atoms with Crippen LogP contribution >= 0.6 is 11.6 Å². The van der Waals surface area contributed by atoms with Gasteiger partial charge in [-0.3, -0.25) is 4.79 Å². The second-order valence-corrected chi connectivity index (χ2v) is 6.46. The van der Waals surface area contributed by atoms with E-state index in [9.17, 15) is 4.79 Å². The van der Waals surface area contributed by atoms with Crippen molar-refractivity contribution in [2.75, 3.05) is 12.4 Å². The SMILES string of the molecule is COc1ccccc1NC(=O)c1nnn(-c2ccc(Cl)cc2)c1C(C)C. The van der Waals surface area contributed by atoms with Crippen molar-refractivity contribution >= 4 is 23.2 Å². The summed E-state index contributed by atoms with van der Waals surface area (Å²) < 4.78 is 6.94. The standard InChI is InChI=1S/C19H19ClN4O2/c1-12(2)18-17(19(25)21-15-6-4-5-7-16(15)26-3)22-23-24(18)14-10-8-13(20)9-11-14/h4-12H,1-3H3,(H,21,25). The zero-order valence-corrected chi connectivity index (χ0v) is 15.5. The molecule has 1 amide bonds. The van der Waals surface area contributed by atoms with Crippen LogP contribution in [0, 0.1) is 0 Å². The van der Waals surface area contributed by atoms with Gasteiger partial charge in [0.1, 0.15) is 5.75 Å². The normalized spacial score (nSPS) is 10.8. The molecule has 0 unspecified atom stereocenters. The molecule has 0 aliphatic heterocycles. The van der Waals surface area contributed by atoms with E-state index in [1.807, 2.05) is 38.1 Å². The number of halogens is 1. The van der Waals surface area contributed by atoms with Crippen molar-refractivity contribution < 1.29 is 9.53 Å². The van der Waals surface area contributed by atoms with Crippen LogP contribution in [-0.4, -0.2) is 28.0 Å². The van der Waals surface area contributed by atoms with Crippen molar-refractivity contribution in [1.82, 2.24) is 15.0 Å². The minimum atomic E-state index is -0.335. The third-order valence-corrected chi connectivity index (χ3v) is 4.15. The van der Waals surface area contributed by atoms with Crippen LogP contribution in [-0.2, 0) is 0 Å². The molecule has 1 N–H and O–H groups in total. The molecule has 0 radical (unpaired) electrons. The fourth-order valence-corrected chi connectivity index (χ4v) is 2.80. The molecule has 26 heavy (non-hydrogen) atoms. The Kier molecular flexibility index (Phi) is 5.23. The summed E-state index contributed by atoms with van der Waals surface area (Å²) >= 11 is 5.95. The van der Waals surface area contributed by atoms with Gasteiger partial charge in [-0.2, -0.15) is 0 Å². The Bertz CT molecular complexity index is 920. The van der Waals surface area contributed by atoms with E-state index in [2.05, 4.69) is 15.6 Å². The van der Waals surface area contributed by atoms with Crippen LogP contribution in [0.4, 0.5) is 5.69 Å². The molecule has 1 heterocycles. The van der Waals surface area contributed by atoms with E-state index in [-0.39, 0.29) is 17.5 Å². The summed E-state index contributed by atoms with van der Waals surface area (Å²) in [5.41, 5.74) is 2.37. The Labute approximate surface area is 156 Å². The van der Waals surface area contributed by atoms with Gasteiger partial charge in [-0.05, 0) is 42.3 Å². The number of benzene rings is 2. The molecule has 0 saturated carbocycles. The smallest absolute Gasteiger partial charge is 0.278 e. The predicted octanol–water partition coefficient (Wildman–Crippen LogP) is 4.31. The summed E-state index contributed by atoms with van der Waals surface area (Å²) in [5, 5.41) is 11.8. The van der Waals surface area contributed by atoms with Gasteiger partial charge < -0.3 is 10.1 Å². The maximum Gasteiger partial charge on any atom is 0.278 e. The zero-order chi connectivity index (χ0) is 18.7. The molecule has 0 spiro atoms. The summed E-state index contributed by atoms with van der Waals surface area (Å²) in [7, 11) is 1.56. The van der Waals surface area contributed by atoms with Gasteiger partial charge in [0.05, 0.1) is 24.2 Å². The van der Waals surface area contributed by atoms with Gasteiger partial charge in [0, 0.05) is 5.02 Å². The lowest BCUT2D eigenvalue weighted by Crippen LogP contribution is -2.16. The number of nitrogens with one attached hydrogen (secondary N) is 1. The Balaban J connectivity index is 1.97. The summed E-state index contributed by atoms with van der Waals surface area (Å²) in [4.78, 5) is 12.8. The molecule has 3 rings (SSSR count). The molecule has 134 valence electrons. The first-order valence-corrected chi connectivity index (χ1v) is 8.55. The van der Waals surface area contributed by atoms with E-state index < -0.39 is 0 Å². The Hall–Kier alpha value is -2.86. The highest BCUT2D eigenvalue weighted by atomic mass is 35.5. The molecule has 3 aromatic rings. The number of nitrogens with zero attached hydrogens (tertiary/aromatic N) is 3. The average Bonchev–Trinajstić information content (AvgIpc) is 3.08. The second kappa shape index (κ2) is 7.58. The summed E-state index contributed by atoms with van der Waals surface area (Å²) in [6.07, 6.45) is 0. The number of para-hydroxylation sites is 2. The fraction of sp³-hybridized carbons (Fsp3) is 0.211. The largest absolute Gasteiger partial charge is 0.495 e. The van der Waals surface area contributed by atoms with E-state index in [0.29, 0.717) is 16.5 Å². The van der Waals surface area contributed by atoms with Gasteiger partial charge in [-0.15, -0.1) is 5.10 Å². The first-order valence-electron chi connectivity index (χ1n) is 8.17. The lowest BCUT2D eigenvalue weighted by molar-refractivity contribution is 0.102. The number of aromatic nitrogens is 3. The van der Waals surface area contributed by atoms with E-state index in [4.69, 9.17) is 16.3 Å². The first kappa shape index (κ1) is 17.9. The van der Waals surface area contributed by atoms with Crippen molar-refractivity contribution in [2.24, 2.45) is 0 Å². The van der Waals surface area contributed by atoms with E-state index in [1.165, 1.54) is 0 Å². The third kappa shape index (κ3) is 3.55. The number of hydrogen-bond donors (Lipinski definition) is 1. The fourth-order valence-electron chi connectivity index (χ4n) is 2.67. The monoisotopic (exact) mass is 370 g/mol. The third-order valence-electron chi connectivity index (χ3n) is 3.89. The lowest BCUT2D eigenvalue weighted by Gasteiger charge is -2.12. The molecule has 1 aromatic heterocycles. The van der Waals surface area contributed by atoms with Crippen molar-refractivity contribution in [3.63, 3.8) is 0 Å². The minimum Gasteiger partial charge on any atom is -0.495 e. The highest BCUT2D eigenvalue weighted by Crippen LogP contribution is 2.26. The van der Waals surface area contributed by atoms with Crippen molar-refractivity contribution in [3.8, 4) is 11.4 Å². The van der Waals surface area contributed by atoms with E-state index >= 15 is 0 Å². The quantitative estimate of drug-likeness (QED) is 0.726. The molecule has 7 heteroatoms. The molecular formula is C19H19ClN4O2.